The van der Waals surface area contributed by atoms with Crippen LogP contribution >= 0.6 is 11.3 Å². The molecule has 0 bridgehead atoms. The van der Waals surface area contributed by atoms with E-state index in [1.54, 1.807) is 0 Å². The molecule has 1 aromatic rings. The topological polar surface area (TPSA) is 32.3 Å². The van der Waals surface area contributed by atoms with Gasteiger partial charge in [-0.2, -0.15) is 0 Å². The molecule has 0 aromatic carbocycles. The second-order valence-corrected chi connectivity index (χ2v) is 7.74. The molecule has 102 valence electrons. The summed E-state index contributed by atoms with van der Waals surface area (Å²) in [6.45, 7) is 9.31. The lowest BCUT2D eigenvalue weighted by molar-refractivity contribution is 0.291. The third kappa shape index (κ3) is 3.88. The number of nitrogens with zero attached hydrogens (tertiary/aromatic N) is 1. The SMILES string of the molecule is CCNCc1cc(CN2CCS(=O)CC2)c(C)s1. The maximum Gasteiger partial charge on any atom is 0.0363 e. The summed E-state index contributed by atoms with van der Waals surface area (Å²) in [4.78, 5) is 5.27. The molecule has 1 N–H and O–H groups in total. The first-order valence-corrected chi connectivity index (χ1v) is 8.85. The molecule has 0 aliphatic carbocycles. The molecule has 1 aromatic heterocycles. The second-order valence-electron chi connectivity index (χ2n) is 4.70. The van der Waals surface area contributed by atoms with Crippen molar-refractivity contribution < 1.29 is 4.21 Å². The molecule has 1 fully saturated rings. The number of thiophene rings is 1. The second kappa shape index (κ2) is 6.80. The van der Waals surface area contributed by atoms with E-state index in [1.165, 1.54) is 15.3 Å². The Morgan fingerprint density at radius 1 is 1.44 bits per heavy atom. The molecule has 1 aliphatic heterocycles. The van der Waals surface area contributed by atoms with Gasteiger partial charge in [-0.15, -0.1) is 11.3 Å². The van der Waals surface area contributed by atoms with Crippen LogP contribution in [0.2, 0.25) is 0 Å². The largest absolute Gasteiger partial charge is 0.312 e. The monoisotopic (exact) mass is 286 g/mol. The van der Waals surface area contributed by atoms with Gasteiger partial charge in [0, 0.05) is 58.2 Å². The van der Waals surface area contributed by atoms with Gasteiger partial charge in [0.05, 0.1) is 0 Å². The van der Waals surface area contributed by atoms with Gasteiger partial charge in [-0.3, -0.25) is 9.11 Å². The van der Waals surface area contributed by atoms with Crippen molar-refractivity contribution in [2.45, 2.75) is 26.9 Å². The Bertz CT molecular complexity index is 407. The summed E-state index contributed by atoms with van der Waals surface area (Å²) in [5.41, 5.74) is 1.44. The van der Waals surface area contributed by atoms with Crippen molar-refractivity contribution in [3.63, 3.8) is 0 Å². The van der Waals surface area contributed by atoms with E-state index in [4.69, 9.17) is 0 Å². The molecule has 3 nitrogen and oxygen atoms in total. The molecular weight excluding hydrogens is 264 g/mol. The molecule has 0 atom stereocenters. The van der Waals surface area contributed by atoms with E-state index in [2.05, 4.69) is 30.1 Å². The highest BCUT2D eigenvalue weighted by Gasteiger charge is 2.16. The first kappa shape index (κ1) is 14.2. The first-order valence-electron chi connectivity index (χ1n) is 6.55. The van der Waals surface area contributed by atoms with E-state index < -0.39 is 10.8 Å². The molecule has 0 saturated carbocycles. The number of nitrogens with one attached hydrogen (secondary N) is 1. The van der Waals surface area contributed by atoms with Crippen molar-refractivity contribution >= 4 is 22.1 Å². The lowest BCUT2D eigenvalue weighted by Crippen LogP contribution is -2.37. The quantitative estimate of drug-likeness (QED) is 0.895. The van der Waals surface area contributed by atoms with E-state index >= 15 is 0 Å². The summed E-state index contributed by atoms with van der Waals surface area (Å²) in [5.74, 6) is 1.68. The van der Waals surface area contributed by atoms with Crippen LogP contribution in [0, 0.1) is 6.92 Å². The lowest BCUT2D eigenvalue weighted by Gasteiger charge is -2.25. The maximum absolute atomic E-state index is 11.3. The standard InChI is InChI=1S/C13H22N2OS2/c1-3-14-9-13-8-12(11(2)17-13)10-15-4-6-18(16)7-5-15/h8,14H,3-7,9-10H2,1-2H3. The van der Waals surface area contributed by atoms with Crippen LogP contribution in [0.1, 0.15) is 22.2 Å². The Morgan fingerprint density at radius 2 is 2.17 bits per heavy atom. The van der Waals surface area contributed by atoms with Gasteiger partial charge in [0.1, 0.15) is 0 Å². The van der Waals surface area contributed by atoms with E-state index in [1.807, 2.05) is 11.3 Å². The van der Waals surface area contributed by atoms with Crippen molar-refractivity contribution in [3.05, 3.63) is 21.4 Å². The zero-order valence-electron chi connectivity index (χ0n) is 11.2. The van der Waals surface area contributed by atoms with Crippen LogP contribution in [-0.2, 0) is 23.9 Å². The molecule has 0 unspecified atom stereocenters. The van der Waals surface area contributed by atoms with Gasteiger partial charge < -0.3 is 5.32 Å². The molecule has 1 aliphatic rings. The third-order valence-electron chi connectivity index (χ3n) is 3.29. The van der Waals surface area contributed by atoms with Crippen molar-refractivity contribution in [1.82, 2.24) is 10.2 Å². The van der Waals surface area contributed by atoms with E-state index in [9.17, 15) is 4.21 Å². The van der Waals surface area contributed by atoms with Gasteiger partial charge >= 0.3 is 0 Å². The number of rotatable bonds is 5. The van der Waals surface area contributed by atoms with Crippen LogP contribution in [0.15, 0.2) is 6.07 Å². The van der Waals surface area contributed by atoms with Crippen LogP contribution in [0.25, 0.3) is 0 Å². The van der Waals surface area contributed by atoms with Crippen LogP contribution < -0.4 is 5.32 Å². The Balaban J connectivity index is 1.92. The lowest BCUT2D eigenvalue weighted by atomic mass is 10.2. The highest BCUT2D eigenvalue weighted by Crippen LogP contribution is 2.23. The molecule has 2 heterocycles. The molecule has 1 saturated heterocycles. The van der Waals surface area contributed by atoms with Crippen LogP contribution in [-0.4, -0.2) is 40.2 Å². The fourth-order valence-corrected chi connectivity index (χ4v) is 4.31. The van der Waals surface area contributed by atoms with Crippen LogP contribution in [0.5, 0.6) is 0 Å². The van der Waals surface area contributed by atoms with E-state index in [-0.39, 0.29) is 0 Å². The van der Waals surface area contributed by atoms with Crippen molar-refractivity contribution in [1.29, 1.82) is 0 Å². The predicted octanol–water partition coefficient (Wildman–Crippen LogP) is 1.73. The minimum Gasteiger partial charge on any atom is -0.312 e. The molecule has 0 spiro atoms. The summed E-state index contributed by atoms with van der Waals surface area (Å²) >= 11 is 1.89. The fraction of sp³-hybridized carbons (Fsp3) is 0.692. The normalized spacial score (nSPS) is 18.3. The van der Waals surface area contributed by atoms with Gasteiger partial charge in [0.25, 0.3) is 0 Å². The summed E-state index contributed by atoms with van der Waals surface area (Å²) in [6, 6.07) is 2.33. The smallest absolute Gasteiger partial charge is 0.0363 e. The zero-order chi connectivity index (χ0) is 13.0. The summed E-state index contributed by atoms with van der Waals surface area (Å²) in [6.07, 6.45) is 0. The van der Waals surface area contributed by atoms with E-state index in [0.717, 1.165) is 44.2 Å². The maximum atomic E-state index is 11.3. The average molecular weight is 286 g/mol. The van der Waals surface area contributed by atoms with Gasteiger partial charge in [0.15, 0.2) is 0 Å². The Hall–Kier alpha value is -0.230. The summed E-state index contributed by atoms with van der Waals surface area (Å²) < 4.78 is 11.3. The molecule has 5 heteroatoms. The number of aryl methyl sites for hydroxylation is 1. The van der Waals surface area contributed by atoms with Gasteiger partial charge in [-0.05, 0) is 25.1 Å². The zero-order valence-corrected chi connectivity index (χ0v) is 12.8. The molecule has 2 rings (SSSR count). The summed E-state index contributed by atoms with van der Waals surface area (Å²) in [7, 11) is -0.572. The molecule has 0 amide bonds. The van der Waals surface area contributed by atoms with Crippen LogP contribution in [0.3, 0.4) is 0 Å². The third-order valence-corrected chi connectivity index (χ3v) is 5.65. The van der Waals surface area contributed by atoms with Gasteiger partial charge in [-0.25, -0.2) is 0 Å². The number of hydrogen-bond acceptors (Lipinski definition) is 4. The molecule has 0 radical (unpaired) electrons. The van der Waals surface area contributed by atoms with Crippen molar-refractivity contribution in [3.8, 4) is 0 Å². The van der Waals surface area contributed by atoms with E-state index in [0.29, 0.717) is 0 Å². The highest BCUT2D eigenvalue weighted by molar-refractivity contribution is 7.85. The fourth-order valence-electron chi connectivity index (χ4n) is 2.15. The molecular formula is C13H22N2OS2. The highest BCUT2D eigenvalue weighted by atomic mass is 32.2. The van der Waals surface area contributed by atoms with Gasteiger partial charge in [-0.1, -0.05) is 6.92 Å². The number of hydrogen-bond donors (Lipinski definition) is 1. The van der Waals surface area contributed by atoms with Crippen molar-refractivity contribution in [2.75, 3.05) is 31.1 Å². The Morgan fingerprint density at radius 3 is 2.83 bits per heavy atom. The summed E-state index contributed by atoms with van der Waals surface area (Å²) in [5, 5.41) is 3.37. The Labute approximate surface area is 116 Å². The first-order chi connectivity index (χ1) is 8.69. The van der Waals surface area contributed by atoms with Crippen LogP contribution in [0.4, 0.5) is 0 Å². The van der Waals surface area contributed by atoms with Crippen molar-refractivity contribution in [2.24, 2.45) is 0 Å². The van der Waals surface area contributed by atoms with Gasteiger partial charge in [0.2, 0.25) is 0 Å². The minimum absolute atomic E-state index is 0.572. The molecule has 18 heavy (non-hydrogen) atoms. The average Bonchev–Trinajstić information content (AvgIpc) is 2.70. The predicted molar refractivity (Wildman–Crippen MR) is 79.6 cm³/mol. The Kier molecular flexibility index (Phi) is 5.36. The minimum atomic E-state index is -0.572.